The van der Waals surface area contributed by atoms with Crippen LogP contribution in [0.15, 0.2) is 34.9 Å². The Morgan fingerprint density at radius 2 is 2.12 bits per heavy atom. The summed E-state index contributed by atoms with van der Waals surface area (Å²) in [6.07, 6.45) is 3.43. The van der Waals surface area contributed by atoms with Gasteiger partial charge in [0.1, 0.15) is 11.6 Å². The molecule has 1 atom stereocenters. The van der Waals surface area contributed by atoms with Crippen molar-refractivity contribution in [3.63, 3.8) is 0 Å². The smallest absolute Gasteiger partial charge is 0.299 e. The zero-order valence-electron chi connectivity index (χ0n) is 14.1. The summed E-state index contributed by atoms with van der Waals surface area (Å²) in [5, 5.41) is 0. The summed E-state index contributed by atoms with van der Waals surface area (Å²) in [5.74, 6) is 0.313. The zero-order valence-corrected chi connectivity index (χ0v) is 14.1. The monoisotopic (exact) mass is 350 g/mol. The van der Waals surface area contributed by atoms with Gasteiger partial charge < -0.3 is 20.0 Å². The lowest BCUT2D eigenvalue weighted by Crippen LogP contribution is -2.44. The molecule has 1 fully saturated rings. The first kappa shape index (κ1) is 15.1. The molecule has 2 aliphatic rings. The average molecular weight is 350 g/mol. The van der Waals surface area contributed by atoms with E-state index in [1.807, 2.05) is 34.1 Å². The van der Waals surface area contributed by atoms with Crippen LogP contribution in [0.1, 0.15) is 24.1 Å². The number of nitrogens with zero attached hydrogens (tertiary/aromatic N) is 5. The molecule has 3 aromatic rings. The number of nitrogens with two attached hydrogens (primary N) is 1. The van der Waals surface area contributed by atoms with Crippen LogP contribution in [0.4, 0.5) is 12.0 Å². The summed E-state index contributed by atoms with van der Waals surface area (Å²) < 4.78 is 5.88. The van der Waals surface area contributed by atoms with Gasteiger partial charge in [0.25, 0.3) is 6.01 Å². The normalized spacial score (nSPS) is 19.3. The Labute approximate surface area is 149 Å². The van der Waals surface area contributed by atoms with Gasteiger partial charge in [0, 0.05) is 24.8 Å². The van der Waals surface area contributed by atoms with E-state index in [9.17, 15) is 4.79 Å². The van der Waals surface area contributed by atoms with Crippen molar-refractivity contribution in [1.29, 1.82) is 0 Å². The van der Waals surface area contributed by atoms with Crippen LogP contribution in [-0.2, 0) is 17.9 Å². The number of hydrogen-bond donors (Lipinski definition) is 1. The summed E-state index contributed by atoms with van der Waals surface area (Å²) in [5.41, 5.74) is 8.98. The number of anilines is 2. The first-order chi connectivity index (χ1) is 12.7. The van der Waals surface area contributed by atoms with Gasteiger partial charge in [-0.1, -0.05) is 12.1 Å². The maximum atomic E-state index is 13.1. The quantitative estimate of drug-likeness (QED) is 0.751. The van der Waals surface area contributed by atoms with Gasteiger partial charge in [-0.15, -0.1) is 0 Å². The number of carbonyl (C=O) groups is 1. The molecule has 1 amide bonds. The molecule has 2 aromatic heterocycles. The Morgan fingerprint density at radius 1 is 1.23 bits per heavy atom. The number of benzene rings is 1. The van der Waals surface area contributed by atoms with Gasteiger partial charge in [-0.25, -0.2) is 9.97 Å². The van der Waals surface area contributed by atoms with E-state index >= 15 is 0 Å². The van der Waals surface area contributed by atoms with E-state index in [4.69, 9.17) is 10.2 Å². The summed E-state index contributed by atoms with van der Waals surface area (Å²) in [6.45, 7) is 1.75. The van der Waals surface area contributed by atoms with Crippen LogP contribution >= 0.6 is 0 Å². The lowest BCUT2D eigenvalue weighted by Gasteiger charge is -2.26. The highest BCUT2D eigenvalue weighted by Gasteiger charge is 2.38. The highest BCUT2D eigenvalue weighted by Crippen LogP contribution is 2.31. The van der Waals surface area contributed by atoms with Crippen molar-refractivity contribution in [3.05, 3.63) is 41.7 Å². The van der Waals surface area contributed by atoms with Crippen molar-refractivity contribution in [2.24, 2.45) is 0 Å². The molecule has 132 valence electrons. The minimum Gasteiger partial charge on any atom is -0.423 e. The van der Waals surface area contributed by atoms with E-state index in [1.54, 1.807) is 6.20 Å². The summed E-state index contributed by atoms with van der Waals surface area (Å²) in [7, 11) is 0. The minimum absolute atomic E-state index is 0.0707. The van der Waals surface area contributed by atoms with Crippen LogP contribution in [0.25, 0.3) is 11.1 Å². The molecule has 0 aliphatic carbocycles. The van der Waals surface area contributed by atoms with Gasteiger partial charge in [0.2, 0.25) is 11.9 Å². The van der Waals surface area contributed by atoms with Gasteiger partial charge in [0.05, 0.1) is 12.2 Å². The molecule has 4 heterocycles. The molecule has 1 unspecified atom stereocenters. The summed E-state index contributed by atoms with van der Waals surface area (Å²) in [6, 6.07) is 7.90. The molecule has 2 N–H and O–H groups in total. The lowest BCUT2D eigenvalue weighted by molar-refractivity contribution is -0.133. The lowest BCUT2D eigenvalue weighted by atomic mass is 10.2. The fourth-order valence-corrected chi connectivity index (χ4v) is 3.77. The standard InChI is InChI=1S/C18H18N6O2/c19-17-20-8-11-9-23(10-13(11)21-17)16(25)14-5-3-7-24(14)18-22-12-4-1-2-6-15(12)26-18/h1-2,4,6,8,14H,3,5,7,9-10H2,(H2,19,20,21). The van der Waals surface area contributed by atoms with Crippen LogP contribution in [0, 0.1) is 0 Å². The summed E-state index contributed by atoms with van der Waals surface area (Å²) >= 11 is 0. The largest absolute Gasteiger partial charge is 0.423 e. The number of hydrogen-bond acceptors (Lipinski definition) is 7. The molecular weight excluding hydrogens is 332 g/mol. The highest BCUT2D eigenvalue weighted by molar-refractivity contribution is 5.86. The first-order valence-corrected chi connectivity index (χ1v) is 8.70. The van der Waals surface area contributed by atoms with Crippen LogP contribution in [-0.4, -0.2) is 38.3 Å². The van der Waals surface area contributed by atoms with E-state index < -0.39 is 0 Å². The molecule has 8 nitrogen and oxygen atoms in total. The Morgan fingerprint density at radius 3 is 3.00 bits per heavy atom. The number of aromatic nitrogens is 3. The Bertz CT molecular complexity index is 967. The third kappa shape index (κ3) is 2.37. The third-order valence-corrected chi connectivity index (χ3v) is 5.05. The minimum atomic E-state index is -0.261. The van der Waals surface area contributed by atoms with Crippen molar-refractivity contribution in [2.75, 3.05) is 17.2 Å². The number of nitrogen functional groups attached to an aromatic ring is 1. The van der Waals surface area contributed by atoms with Crippen molar-refractivity contribution in [1.82, 2.24) is 19.9 Å². The molecule has 0 spiro atoms. The van der Waals surface area contributed by atoms with E-state index in [1.165, 1.54) is 0 Å². The third-order valence-electron chi connectivity index (χ3n) is 5.05. The molecule has 0 bridgehead atoms. The van der Waals surface area contributed by atoms with Gasteiger partial charge in [-0.05, 0) is 25.0 Å². The Hall–Kier alpha value is -3.16. The van der Waals surface area contributed by atoms with Crippen LogP contribution in [0.3, 0.4) is 0 Å². The predicted molar refractivity (Wildman–Crippen MR) is 95.1 cm³/mol. The molecule has 2 aliphatic heterocycles. The number of oxazole rings is 1. The number of para-hydroxylation sites is 2. The molecule has 1 aromatic carbocycles. The fourth-order valence-electron chi connectivity index (χ4n) is 3.77. The number of rotatable bonds is 2. The van der Waals surface area contributed by atoms with Gasteiger partial charge >= 0.3 is 0 Å². The molecule has 0 radical (unpaired) electrons. The van der Waals surface area contributed by atoms with Crippen molar-refractivity contribution in [2.45, 2.75) is 32.0 Å². The molecule has 0 saturated carbocycles. The number of fused-ring (bicyclic) bond motifs is 2. The summed E-state index contributed by atoms with van der Waals surface area (Å²) in [4.78, 5) is 29.7. The molecular formula is C18H18N6O2. The SMILES string of the molecule is Nc1ncc2c(n1)CN(C(=O)C1CCCN1c1nc3ccccc3o1)C2. The van der Waals surface area contributed by atoms with Crippen molar-refractivity contribution >= 4 is 29.0 Å². The van der Waals surface area contributed by atoms with Crippen LogP contribution in [0.2, 0.25) is 0 Å². The molecule has 26 heavy (non-hydrogen) atoms. The highest BCUT2D eigenvalue weighted by atomic mass is 16.4. The van der Waals surface area contributed by atoms with Gasteiger partial charge in [-0.3, -0.25) is 4.79 Å². The first-order valence-electron chi connectivity index (χ1n) is 8.70. The van der Waals surface area contributed by atoms with Crippen molar-refractivity contribution in [3.8, 4) is 0 Å². The van der Waals surface area contributed by atoms with Crippen molar-refractivity contribution < 1.29 is 9.21 Å². The number of amides is 1. The average Bonchev–Trinajstić information content (AvgIpc) is 3.36. The van der Waals surface area contributed by atoms with Crippen LogP contribution in [0.5, 0.6) is 0 Å². The molecule has 8 heteroatoms. The van der Waals surface area contributed by atoms with E-state index in [2.05, 4.69) is 15.0 Å². The zero-order chi connectivity index (χ0) is 17.7. The topological polar surface area (TPSA) is 101 Å². The predicted octanol–water partition coefficient (Wildman–Crippen LogP) is 1.71. The van der Waals surface area contributed by atoms with E-state index in [0.29, 0.717) is 19.1 Å². The second kappa shape index (κ2) is 5.69. The Kier molecular flexibility index (Phi) is 3.31. The van der Waals surface area contributed by atoms with E-state index in [-0.39, 0.29) is 17.9 Å². The molecule has 1 saturated heterocycles. The van der Waals surface area contributed by atoms with E-state index in [0.717, 1.165) is 41.7 Å². The fraction of sp³-hybridized carbons (Fsp3) is 0.333. The molecule has 5 rings (SSSR count). The second-order valence-electron chi connectivity index (χ2n) is 6.71. The maximum absolute atomic E-state index is 13.1. The second-order valence-corrected chi connectivity index (χ2v) is 6.71. The Balaban J connectivity index is 1.39. The van der Waals surface area contributed by atoms with Gasteiger partial charge in [-0.2, -0.15) is 4.98 Å². The maximum Gasteiger partial charge on any atom is 0.299 e. The van der Waals surface area contributed by atoms with Crippen LogP contribution < -0.4 is 10.6 Å². The number of carbonyl (C=O) groups excluding carboxylic acids is 1. The van der Waals surface area contributed by atoms with Gasteiger partial charge in [0.15, 0.2) is 5.58 Å².